The molecule has 0 spiro atoms. The number of nitrogens with zero attached hydrogens (tertiary/aromatic N) is 1. The van der Waals surface area contributed by atoms with Gasteiger partial charge in [-0.25, -0.2) is 0 Å². The number of methoxy groups -OCH3 is 1. The van der Waals surface area contributed by atoms with Gasteiger partial charge in [0.15, 0.2) is 0 Å². The van der Waals surface area contributed by atoms with Crippen LogP contribution in [0.25, 0.3) is 0 Å². The second-order valence-electron chi connectivity index (χ2n) is 4.77. The normalized spacial score (nSPS) is 11.4. The molecule has 0 aliphatic rings. The van der Waals surface area contributed by atoms with Gasteiger partial charge in [0, 0.05) is 13.7 Å². The number of rotatable bonds is 5. The Morgan fingerprint density at radius 1 is 1.31 bits per heavy atom. The molecule has 0 heterocycles. The first kappa shape index (κ1) is 13.2. The van der Waals surface area contributed by atoms with Crippen molar-refractivity contribution in [3.05, 3.63) is 34.9 Å². The summed E-state index contributed by atoms with van der Waals surface area (Å²) in [7, 11) is 3.80. The molecule has 0 aliphatic carbocycles. The zero-order chi connectivity index (χ0) is 12.1. The summed E-state index contributed by atoms with van der Waals surface area (Å²) in [4.78, 5) is 2.17. The van der Waals surface area contributed by atoms with Gasteiger partial charge in [-0.2, -0.15) is 0 Å². The van der Waals surface area contributed by atoms with E-state index in [2.05, 4.69) is 50.9 Å². The second kappa shape index (κ2) is 6.02. The van der Waals surface area contributed by atoms with Gasteiger partial charge < -0.3 is 4.74 Å². The fraction of sp³-hybridized carbons (Fsp3) is 0.571. The van der Waals surface area contributed by atoms with Crippen LogP contribution in [0.1, 0.15) is 36.5 Å². The molecule has 1 aromatic rings. The quantitative estimate of drug-likeness (QED) is 0.708. The summed E-state index contributed by atoms with van der Waals surface area (Å²) in [6.45, 7) is 8.24. The van der Waals surface area contributed by atoms with E-state index in [1.54, 1.807) is 7.11 Å². The molecule has 0 aliphatic heterocycles. The van der Waals surface area contributed by atoms with Gasteiger partial charge in [-0.3, -0.25) is 4.90 Å². The van der Waals surface area contributed by atoms with Crippen LogP contribution in [0.15, 0.2) is 18.2 Å². The summed E-state index contributed by atoms with van der Waals surface area (Å²) >= 11 is 0. The van der Waals surface area contributed by atoms with Crippen LogP contribution in [-0.4, -0.2) is 25.8 Å². The van der Waals surface area contributed by atoms with E-state index in [9.17, 15) is 0 Å². The zero-order valence-corrected chi connectivity index (χ0v) is 11.1. The van der Waals surface area contributed by atoms with Crippen molar-refractivity contribution in [3.8, 4) is 0 Å². The zero-order valence-electron chi connectivity index (χ0n) is 11.1. The monoisotopic (exact) mass is 221 g/mol. The Bertz CT molecular complexity index is 334. The predicted octanol–water partition coefficient (Wildman–Crippen LogP) is 3.15. The lowest BCUT2D eigenvalue weighted by atomic mass is 9.98. The third kappa shape index (κ3) is 3.62. The van der Waals surface area contributed by atoms with E-state index in [4.69, 9.17) is 4.74 Å². The summed E-state index contributed by atoms with van der Waals surface area (Å²) in [5, 5.41) is 0. The molecule has 0 fully saturated rings. The van der Waals surface area contributed by atoms with E-state index in [1.165, 1.54) is 16.7 Å². The van der Waals surface area contributed by atoms with Gasteiger partial charge in [0.25, 0.3) is 0 Å². The van der Waals surface area contributed by atoms with E-state index in [1.807, 2.05) is 0 Å². The maximum absolute atomic E-state index is 5.12. The van der Waals surface area contributed by atoms with Gasteiger partial charge in [-0.15, -0.1) is 0 Å². The van der Waals surface area contributed by atoms with Crippen molar-refractivity contribution in [2.75, 3.05) is 20.9 Å². The average molecular weight is 221 g/mol. The van der Waals surface area contributed by atoms with E-state index in [0.29, 0.717) is 12.6 Å². The highest BCUT2D eigenvalue weighted by Gasteiger charge is 2.06. The van der Waals surface area contributed by atoms with Crippen molar-refractivity contribution in [1.82, 2.24) is 4.90 Å². The lowest BCUT2D eigenvalue weighted by Crippen LogP contribution is -2.20. The number of hydrogen-bond donors (Lipinski definition) is 0. The van der Waals surface area contributed by atoms with Crippen LogP contribution in [0.3, 0.4) is 0 Å². The van der Waals surface area contributed by atoms with Crippen molar-refractivity contribution in [3.63, 3.8) is 0 Å². The molecule has 2 nitrogen and oxygen atoms in total. The minimum Gasteiger partial charge on any atom is -0.369 e. The third-order valence-electron chi connectivity index (χ3n) is 2.83. The number of ether oxygens (including phenoxy) is 1. The SMILES string of the molecule is COCN(C)Cc1cc(C(C)C)ccc1C. The summed E-state index contributed by atoms with van der Waals surface area (Å²) in [5.41, 5.74) is 4.16. The highest BCUT2D eigenvalue weighted by Crippen LogP contribution is 2.19. The van der Waals surface area contributed by atoms with Crippen LogP contribution < -0.4 is 0 Å². The summed E-state index contributed by atoms with van der Waals surface area (Å²) < 4.78 is 5.12. The summed E-state index contributed by atoms with van der Waals surface area (Å²) in [6, 6.07) is 6.75. The lowest BCUT2D eigenvalue weighted by Gasteiger charge is -2.18. The molecule has 0 radical (unpaired) electrons. The maximum atomic E-state index is 5.12. The Morgan fingerprint density at radius 3 is 2.56 bits per heavy atom. The molecule has 0 bridgehead atoms. The Labute approximate surface area is 99.2 Å². The molecule has 90 valence electrons. The molecule has 0 aromatic heterocycles. The molecule has 0 atom stereocenters. The Morgan fingerprint density at radius 2 is 2.00 bits per heavy atom. The molecule has 0 saturated heterocycles. The smallest absolute Gasteiger partial charge is 0.0986 e. The van der Waals surface area contributed by atoms with Crippen molar-refractivity contribution >= 4 is 0 Å². The van der Waals surface area contributed by atoms with Gasteiger partial charge in [-0.1, -0.05) is 32.0 Å². The molecule has 1 aromatic carbocycles. The Kier molecular flexibility index (Phi) is 4.97. The van der Waals surface area contributed by atoms with Crippen LogP contribution in [0, 0.1) is 6.92 Å². The highest BCUT2D eigenvalue weighted by molar-refractivity contribution is 5.32. The van der Waals surface area contributed by atoms with Crippen LogP contribution in [0.4, 0.5) is 0 Å². The molecular formula is C14H23NO. The molecule has 0 N–H and O–H groups in total. The predicted molar refractivity (Wildman–Crippen MR) is 68.6 cm³/mol. The van der Waals surface area contributed by atoms with E-state index < -0.39 is 0 Å². The van der Waals surface area contributed by atoms with Gasteiger partial charge in [-0.05, 0) is 36.6 Å². The van der Waals surface area contributed by atoms with Crippen LogP contribution in [0.2, 0.25) is 0 Å². The second-order valence-corrected chi connectivity index (χ2v) is 4.77. The molecule has 0 saturated carbocycles. The van der Waals surface area contributed by atoms with E-state index in [0.717, 1.165) is 6.54 Å². The van der Waals surface area contributed by atoms with Crippen LogP contribution in [-0.2, 0) is 11.3 Å². The standard InChI is InChI=1S/C14H23NO/c1-11(2)13-7-6-12(3)14(8-13)9-15(4)10-16-5/h6-8,11H,9-10H2,1-5H3. The molecule has 16 heavy (non-hydrogen) atoms. The first-order chi connectivity index (χ1) is 7.54. The lowest BCUT2D eigenvalue weighted by molar-refractivity contribution is 0.0770. The molecule has 0 amide bonds. The Hall–Kier alpha value is -0.860. The maximum Gasteiger partial charge on any atom is 0.0986 e. The minimum absolute atomic E-state index is 0.590. The topological polar surface area (TPSA) is 12.5 Å². The van der Waals surface area contributed by atoms with Gasteiger partial charge in [0.05, 0.1) is 6.73 Å². The fourth-order valence-corrected chi connectivity index (χ4v) is 1.78. The van der Waals surface area contributed by atoms with Gasteiger partial charge in [0.1, 0.15) is 0 Å². The van der Waals surface area contributed by atoms with Crippen molar-refractivity contribution in [1.29, 1.82) is 0 Å². The van der Waals surface area contributed by atoms with E-state index in [-0.39, 0.29) is 0 Å². The fourth-order valence-electron chi connectivity index (χ4n) is 1.78. The average Bonchev–Trinajstić information content (AvgIpc) is 2.21. The summed E-state index contributed by atoms with van der Waals surface area (Å²) in [5.74, 6) is 0.590. The minimum atomic E-state index is 0.590. The Balaban J connectivity index is 2.81. The van der Waals surface area contributed by atoms with Crippen molar-refractivity contribution < 1.29 is 4.74 Å². The molecule has 2 heteroatoms. The first-order valence-corrected chi connectivity index (χ1v) is 5.81. The number of hydrogen-bond acceptors (Lipinski definition) is 2. The van der Waals surface area contributed by atoms with Gasteiger partial charge >= 0.3 is 0 Å². The third-order valence-corrected chi connectivity index (χ3v) is 2.83. The summed E-state index contributed by atoms with van der Waals surface area (Å²) in [6.07, 6.45) is 0. The van der Waals surface area contributed by atoms with Gasteiger partial charge in [0.2, 0.25) is 0 Å². The first-order valence-electron chi connectivity index (χ1n) is 5.81. The van der Waals surface area contributed by atoms with Crippen LogP contribution in [0.5, 0.6) is 0 Å². The van der Waals surface area contributed by atoms with Crippen molar-refractivity contribution in [2.24, 2.45) is 0 Å². The van der Waals surface area contributed by atoms with Crippen LogP contribution >= 0.6 is 0 Å². The molecule has 1 rings (SSSR count). The molecule has 0 unspecified atom stereocenters. The van der Waals surface area contributed by atoms with E-state index >= 15 is 0 Å². The largest absolute Gasteiger partial charge is 0.369 e. The molecular weight excluding hydrogens is 198 g/mol. The van der Waals surface area contributed by atoms with Crippen molar-refractivity contribution in [2.45, 2.75) is 33.2 Å². The number of aryl methyl sites for hydroxylation is 1. The highest BCUT2D eigenvalue weighted by atomic mass is 16.5. The number of benzene rings is 1.